The van der Waals surface area contributed by atoms with Crippen molar-refractivity contribution in [2.45, 2.75) is 19.4 Å². The number of hydrogen-bond donors (Lipinski definition) is 0. The largest absolute Gasteiger partial charge is 0.478 e. The molecule has 0 spiro atoms. The number of esters is 1. The van der Waals surface area contributed by atoms with E-state index in [1.807, 2.05) is 18.2 Å². The Morgan fingerprint density at radius 3 is 3.20 bits per heavy atom. The molecule has 0 saturated heterocycles. The van der Waals surface area contributed by atoms with E-state index in [0.29, 0.717) is 13.0 Å². The Kier molecular flexibility index (Phi) is 2.95. The molecule has 80 valence electrons. The molecule has 0 amide bonds. The molecule has 0 aliphatic carbocycles. The number of fused-ring (bicyclic) bond motifs is 1. The summed E-state index contributed by atoms with van der Waals surface area (Å²) in [6.07, 6.45) is 0.113. The molecule has 0 saturated carbocycles. The van der Waals surface area contributed by atoms with Crippen molar-refractivity contribution >= 4 is 21.9 Å². The Morgan fingerprint density at radius 2 is 2.47 bits per heavy atom. The third-order valence-electron chi connectivity index (χ3n) is 2.25. The van der Waals surface area contributed by atoms with Crippen LogP contribution in [-0.4, -0.2) is 18.7 Å². The molecule has 0 fully saturated rings. The first kappa shape index (κ1) is 10.5. The number of carbonyl (C=O) groups is 1. The van der Waals surface area contributed by atoms with Crippen LogP contribution in [0.5, 0.6) is 5.75 Å². The van der Waals surface area contributed by atoms with Gasteiger partial charge in [-0.15, -0.1) is 0 Å². The number of carbonyl (C=O) groups excluding carboxylic acids is 1. The van der Waals surface area contributed by atoms with E-state index in [2.05, 4.69) is 15.9 Å². The van der Waals surface area contributed by atoms with Gasteiger partial charge in [0.15, 0.2) is 6.10 Å². The van der Waals surface area contributed by atoms with Gasteiger partial charge in [0.25, 0.3) is 0 Å². The van der Waals surface area contributed by atoms with Crippen LogP contribution >= 0.6 is 15.9 Å². The minimum Gasteiger partial charge on any atom is -0.478 e. The van der Waals surface area contributed by atoms with Crippen molar-refractivity contribution in [3.63, 3.8) is 0 Å². The van der Waals surface area contributed by atoms with Crippen molar-refractivity contribution in [1.29, 1.82) is 0 Å². The van der Waals surface area contributed by atoms with Gasteiger partial charge >= 0.3 is 5.97 Å². The maximum absolute atomic E-state index is 11.4. The Balaban J connectivity index is 2.12. The summed E-state index contributed by atoms with van der Waals surface area (Å²) in [6.45, 7) is 2.18. The molecule has 3 nitrogen and oxygen atoms in total. The van der Waals surface area contributed by atoms with Crippen LogP contribution in [0.1, 0.15) is 12.5 Å². The third-order valence-corrected chi connectivity index (χ3v) is 2.74. The van der Waals surface area contributed by atoms with Gasteiger partial charge in [-0.05, 0) is 30.7 Å². The minimum absolute atomic E-state index is 0.287. The molecule has 0 radical (unpaired) electrons. The Labute approximate surface area is 96.5 Å². The first-order valence-electron chi connectivity index (χ1n) is 4.82. The first-order valence-corrected chi connectivity index (χ1v) is 5.61. The van der Waals surface area contributed by atoms with Gasteiger partial charge in [-0.2, -0.15) is 0 Å². The van der Waals surface area contributed by atoms with E-state index in [9.17, 15) is 4.79 Å². The summed E-state index contributed by atoms with van der Waals surface area (Å²) >= 11 is 3.38. The maximum Gasteiger partial charge on any atom is 0.347 e. The monoisotopic (exact) mass is 270 g/mol. The van der Waals surface area contributed by atoms with Gasteiger partial charge in [0.05, 0.1) is 6.61 Å². The summed E-state index contributed by atoms with van der Waals surface area (Å²) in [6, 6.07) is 5.72. The van der Waals surface area contributed by atoms with Gasteiger partial charge in [0.1, 0.15) is 5.75 Å². The fourth-order valence-electron chi connectivity index (χ4n) is 1.58. The quantitative estimate of drug-likeness (QED) is 0.774. The predicted octanol–water partition coefficient (Wildman–Crippen LogP) is 2.32. The van der Waals surface area contributed by atoms with Crippen LogP contribution in [0.4, 0.5) is 0 Å². The summed E-state index contributed by atoms with van der Waals surface area (Å²) in [5, 5.41) is 0. The standard InChI is InChI=1S/C11H11BrO3/c1-2-14-11(13)10-6-7-5-8(12)3-4-9(7)15-10/h3-5,10H,2,6H2,1H3. The van der Waals surface area contributed by atoms with E-state index in [1.165, 1.54) is 0 Å². The van der Waals surface area contributed by atoms with E-state index in [-0.39, 0.29) is 5.97 Å². The third kappa shape index (κ3) is 2.15. The number of hydrogen-bond acceptors (Lipinski definition) is 3. The van der Waals surface area contributed by atoms with Crippen molar-refractivity contribution in [3.05, 3.63) is 28.2 Å². The van der Waals surface area contributed by atoms with Crippen LogP contribution in [0.25, 0.3) is 0 Å². The summed E-state index contributed by atoms with van der Waals surface area (Å²) < 4.78 is 11.4. The summed E-state index contributed by atoms with van der Waals surface area (Å²) in [5.74, 6) is 0.487. The Bertz CT molecular complexity index is 389. The highest BCUT2D eigenvalue weighted by Crippen LogP contribution is 2.31. The fourth-order valence-corrected chi connectivity index (χ4v) is 1.99. The lowest BCUT2D eigenvalue weighted by molar-refractivity contribution is -0.150. The van der Waals surface area contributed by atoms with E-state index in [1.54, 1.807) is 6.92 Å². The van der Waals surface area contributed by atoms with Gasteiger partial charge in [0, 0.05) is 10.9 Å². The summed E-state index contributed by atoms with van der Waals surface area (Å²) in [7, 11) is 0. The number of ether oxygens (including phenoxy) is 2. The van der Waals surface area contributed by atoms with E-state index < -0.39 is 6.10 Å². The Morgan fingerprint density at radius 1 is 1.67 bits per heavy atom. The topological polar surface area (TPSA) is 35.5 Å². The molecule has 1 unspecified atom stereocenters. The van der Waals surface area contributed by atoms with Crippen molar-refractivity contribution < 1.29 is 14.3 Å². The fraction of sp³-hybridized carbons (Fsp3) is 0.364. The van der Waals surface area contributed by atoms with Crippen molar-refractivity contribution in [1.82, 2.24) is 0 Å². The number of benzene rings is 1. The second kappa shape index (κ2) is 4.23. The van der Waals surface area contributed by atoms with E-state index in [0.717, 1.165) is 15.8 Å². The molecular formula is C11H11BrO3. The zero-order valence-corrected chi connectivity index (χ0v) is 9.91. The molecule has 1 aliphatic rings. The lowest BCUT2D eigenvalue weighted by atomic mass is 10.1. The molecule has 15 heavy (non-hydrogen) atoms. The molecule has 0 N–H and O–H groups in total. The highest BCUT2D eigenvalue weighted by Gasteiger charge is 2.30. The molecule has 4 heteroatoms. The summed E-state index contributed by atoms with van der Waals surface area (Å²) in [5.41, 5.74) is 1.04. The molecule has 1 aromatic rings. The predicted molar refractivity (Wildman–Crippen MR) is 58.9 cm³/mol. The van der Waals surface area contributed by atoms with Gasteiger partial charge in [-0.3, -0.25) is 0 Å². The summed E-state index contributed by atoms with van der Waals surface area (Å²) in [4.78, 5) is 11.4. The van der Waals surface area contributed by atoms with Crippen LogP contribution in [-0.2, 0) is 16.0 Å². The van der Waals surface area contributed by atoms with Gasteiger partial charge in [0.2, 0.25) is 0 Å². The van der Waals surface area contributed by atoms with Crippen molar-refractivity contribution in [3.8, 4) is 5.75 Å². The van der Waals surface area contributed by atoms with Crippen LogP contribution in [0.3, 0.4) is 0 Å². The SMILES string of the molecule is CCOC(=O)C1Cc2cc(Br)ccc2O1. The first-order chi connectivity index (χ1) is 7.20. The Hall–Kier alpha value is -1.03. The molecule has 0 bridgehead atoms. The van der Waals surface area contributed by atoms with Crippen LogP contribution in [0.2, 0.25) is 0 Å². The normalized spacial score (nSPS) is 18.1. The molecule has 1 atom stereocenters. The molecule has 1 heterocycles. The van der Waals surface area contributed by atoms with Gasteiger partial charge < -0.3 is 9.47 Å². The second-order valence-electron chi connectivity index (χ2n) is 3.31. The smallest absolute Gasteiger partial charge is 0.347 e. The second-order valence-corrected chi connectivity index (χ2v) is 4.23. The number of rotatable bonds is 2. The lowest BCUT2D eigenvalue weighted by Crippen LogP contribution is -2.27. The van der Waals surface area contributed by atoms with E-state index >= 15 is 0 Å². The maximum atomic E-state index is 11.4. The van der Waals surface area contributed by atoms with Gasteiger partial charge in [-0.25, -0.2) is 4.79 Å². The highest BCUT2D eigenvalue weighted by molar-refractivity contribution is 9.10. The zero-order chi connectivity index (χ0) is 10.8. The minimum atomic E-state index is -0.478. The lowest BCUT2D eigenvalue weighted by Gasteiger charge is -2.08. The van der Waals surface area contributed by atoms with Crippen molar-refractivity contribution in [2.75, 3.05) is 6.61 Å². The average molecular weight is 271 g/mol. The van der Waals surface area contributed by atoms with Crippen LogP contribution in [0.15, 0.2) is 22.7 Å². The van der Waals surface area contributed by atoms with Gasteiger partial charge in [-0.1, -0.05) is 15.9 Å². The highest BCUT2D eigenvalue weighted by atomic mass is 79.9. The van der Waals surface area contributed by atoms with E-state index in [4.69, 9.17) is 9.47 Å². The van der Waals surface area contributed by atoms with Crippen LogP contribution < -0.4 is 4.74 Å². The van der Waals surface area contributed by atoms with Crippen LogP contribution in [0, 0.1) is 0 Å². The number of halogens is 1. The molecule has 0 aromatic heterocycles. The molecular weight excluding hydrogens is 260 g/mol. The average Bonchev–Trinajstić information content (AvgIpc) is 2.60. The molecule has 1 aliphatic heterocycles. The molecule has 2 rings (SSSR count). The molecule has 1 aromatic carbocycles. The van der Waals surface area contributed by atoms with Crippen molar-refractivity contribution in [2.24, 2.45) is 0 Å². The zero-order valence-electron chi connectivity index (χ0n) is 8.33.